The van der Waals surface area contributed by atoms with Crippen molar-refractivity contribution in [2.45, 2.75) is 13.5 Å². The second-order valence-corrected chi connectivity index (χ2v) is 4.31. The molecule has 0 saturated heterocycles. The molecule has 0 unspecified atom stereocenters. The highest BCUT2D eigenvalue weighted by atomic mass is 16.6. The normalized spacial score (nSPS) is 10.1. The molecular formula is C13H13N5O3. The quantitative estimate of drug-likeness (QED) is 0.494. The van der Waals surface area contributed by atoms with E-state index in [0.717, 1.165) is 6.07 Å². The molecular weight excluding hydrogens is 274 g/mol. The maximum Gasteiger partial charge on any atom is 0.292 e. The first kappa shape index (κ1) is 14.4. The molecule has 3 N–H and O–H groups in total. The maximum absolute atomic E-state index is 12.0. The number of nitrogens with zero attached hydrogens (tertiary/aromatic N) is 3. The van der Waals surface area contributed by atoms with Crippen molar-refractivity contribution < 1.29 is 9.72 Å². The molecule has 0 radical (unpaired) electrons. The number of nitrogens with one attached hydrogen (secondary N) is 1. The molecule has 1 aromatic heterocycles. The molecule has 21 heavy (non-hydrogen) atoms. The van der Waals surface area contributed by atoms with Crippen LogP contribution in [0.25, 0.3) is 0 Å². The number of nitrogen functional groups attached to an aromatic ring is 1. The highest BCUT2D eigenvalue weighted by Gasteiger charge is 2.15. The van der Waals surface area contributed by atoms with E-state index in [0.29, 0.717) is 11.5 Å². The summed E-state index contributed by atoms with van der Waals surface area (Å²) in [6, 6.07) is 5.60. The number of carbonyl (C=O) groups is 1. The number of carbonyl (C=O) groups excluding carboxylic acids is 1. The van der Waals surface area contributed by atoms with Crippen LogP contribution in [0, 0.1) is 17.0 Å². The first-order valence-electron chi connectivity index (χ1n) is 6.08. The zero-order valence-corrected chi connectivity index (χ0v) is 11.2. The van der Waals surface area contributed by atoms with Gasteiger partial charge in [-0.05, 0) is 25.1 Å². The van der Waals surface area contributed by atoms with Crippen LogP contribution >= 0.6 is 0 Å². The van der Waals surface area contributed by atoms with Gasteiger partial charge in [0.25, 0.3) is 11.6 Å². The van der Waals surface area contributed by atoms with E-state index in [1.807, 2.05) is 0 Å². The number of anilines is 1. The van der Waals surface area contributed by atoms with Crippen molar-refractivity contribution in [3.63, 3.8) is 0 Å². The second-order valence-electron chi connectivity index (χ2n) is 4.31. The highest BCUT2D eigenvalue weighted by Crippen LogP contribution is 2.22. The van der Waals surface area contributed by atoms with E-state index < -0.39 is 10.8 Å². The smallest absolute Gasteiger partial charge is 0.292 e. The van der Waals surface area contributed by atoms with Crippen LogP contribution in [0.2, 0.25) is 0 Å². The Kier molecular flexibility index (Phi) is 4.07. The van der Waals surface area contributed by atoms with Crippen molar-refractivity contribution in [3.8, 4) is 0 Å². The lowest BCUT2D eigenvalue weighted by Gasteiger charge is -2.06. The molecule has 0 atom stereocenters. The van der Waals surface area contributed by atoms with E-state index >= 15 is 0 Å². The maximum atomic E-state index is 12.0. The van der Waals surface area contributed by atoms with Crippen molar-refractivity contribution in [3.05, 3.63) is 57.7 Å². The summed E-state index contributed by atoms with van der Waals surface area (Å²) in [4.78, 5) is 30.2. The lowest BCUT2D eigenvalue weighted by atomic mass is 10.1. The molecule has 0 fully saturated rings. The molecule has 0 aliphatic carbocycles. The lowest BCUT2D eigenvalue weighted by molar-refractivity contribution is -0.383. The van der Waals surface area contributed by atoms with E-state index in [9.17, 15) is 14.9 Å². The minimum absolute atomic E-state index is 0.0166. The van der Waals surface area contributed by atoms with Gasteiger partial charge in [0, 0.05) is 17.8 Å². The van der Waals surface area contributed by atoms with Crippen LogP contribution in [-0.4, -0.2) is 20.8 Å². The topological polar surface area (TPSA) is 124 Å². The molecule has 2 rings (SSSR count). The Morgan fingerprint density at radius 3 is 2.86 bits per heavy atom. The monoisotopic (exact) mass is 287 g/mol. The van der Waals surface area contributed by atoms with Gasteiger partial charge < -0.3 is 11.1 Å². The lowest BCUT2D eigenvalue weighted by Crippen LogP contribution is -2.23. The molecule has 1 amide bonds. The predicted octanol–water partition coefficient (Wildman–Crippen LogP) is 1.21. The van der Waals surface area contributed by atoms with Gasteiger partial charge in [-0.2, -0.15) is 0 Å². The van der Waals surface area contributed by atoms with E-state index in [2.05, 4.69) is 15.3 Å². The van der Waals surface area contributed by atoms with Crippen molar-refractivity contribution in [2.24, 2.45) is 0 Å². The van der Waals surface area contributed by atoms with E-state index in [-0.39, 0.29) is 23.5 Å². The molecule has 8 heteroatoms. The molecule has 1 heterocycles. The molecule has 0 saturated carbocycles. The van der Waals surface area contributed by atoms with Gasteiger partial charge in [0.05, 0.1) is 17.2 Å². The van der Waals surface area contributed by atoms with E-state index in [4.69, 9.17) is 5.73 Å². The molecule has 2 aromatic rings. The molecule has 1 aromatic carbocycles. The van der Waals surface area contributed by atoms with E-state index in [1.165, 1.54) is 12.1 Å². The first-order valence-corrected chi connectivity index (χ1v) is 6.08. The van der Waals surface area contributed by atoms with Gasteiger partial charge >= 0.3 is 0 Å². The van der Waals surface area contributed by atoms with Gasteiger partial charge in [-0.3, -0.25) is 14.9 Å². The third-order valence-electron chi connectivity index (χ3n) is 2.75. The molecule has 0 aliphatic heterocycles. The summed E-state index contributed by atoms with van der Waals surface area (Å²) < 4.78 is 0. The number of nitrogens with two attached hydrogens (primary N) is 1. The van der Waals surface area contributed by atoms with Crippen LogP contribution in [0.4, 0.5) is 11.4 Å². The van der Waals surface area contributed by atoms with Gasteiger partial charge in [0.2, 0.25) is 0 Å². The van der Waals surface area contributed by atoms with Crippen molar-refractivity contribution >= 4 is 17.3 Å². The molecule has 0 aliphatic rings. The number of nitro benzene ring substituents is 1. The summed E-state index contributed by atoms with van der Waals surface area (Å²) in [5.41, 5.74) is 6.03. The zero-order valence-electron chi connectivity index (χ0n) is 11.2. The predicted molar refractivity (Wildman–Crippen MR) is 75.4 cm³/mol. The number of rotatable bonds is 4. The van der Waals surface area contributed by atoms with Crippen LogP contribution in [0.5, 0.6) is 0 Å². The number of nitro groups is 1. The van der Waals surface area contributed by atoms with Crippen LogP contribution in [0.1, 0.15) is 21.9 Å². The van der Waals surface area contributed by atoms with Gasteiger partial charge in [-0.15, -0.1) is 0 Å². The minimum atomic E-state index is -0.625. The standard InChI is InChI=1S/C13H13N5O3/c1-8-15-5-4-10(17-8)7-16-13(19)9-2-3-11(14)12(6-9)18(20)21/h2-6H,7,14H2,1H3,(H,16,19). The fraction of sp³-hybridized carbons (Fsp3) is 0.154. The average molecular weight is 287 g/mol. The number of aryl methyl sites for hydroxylation is 1. The summed E-state index contributed by atoms with van der Waals surface area (Å²) in [6.07, 6.45) is 1.60. The Morgan fingerprint density at radius 2 is 2.19 bits per heavy atom. The highest BCUT2D eigenvalue weighted by molar-refractivity contribution is 5.95. The van der Waals surface area contributed by atoms with Gasteiger partial charge in [0.15, 0.2) is 0 Å². The van der Waals surface area contributed by atoms with Gasteiger partial charge in [0.1, 0.15) is 11.5 Å². The number of hydrogen-bond donors (Lipinski definition) is 2. The fourth-order valence-electron chi connectivity index (χ4n) is 1.72. The Hall–Kier alpha value is -3.03. The molecule has 0 bridgehead atoms. The van der Waals surface area contributed by atoms with Crippen molar-refractivity contribution in [1.82, 2.24) is 15.3 Å². The fourth-order valence-corrected chi connectivity index (χ4v) is 1.72. The van der Waals surface area contributed by atoms with Crippen LogP contribution in [-0.2, 0) is 6.54 Å². The molecule has 108 valence electrons. The summed E-state index contributed by atoms with van der Waals surface area (Å²) in [5, 5.41) is 13.4. The average Bonchev–Trinajstić information content (AvgIpc) is 2.45. The molecule has 0 spiro atoms. The number of hydrogen-bond acceptors (Lipinski definition) is 6. The summed E-state index contributed by atoms with van der Waals surface area (Å²) >= 11 is 0. The first-order chi connectivity index (χ1) is 9.97. The van der Waals surface area contributed by atoms with E-state index in [1.54, 1.807) is 19.2 Å². The Labute approximate surface area is 120 Å². The summed E-state index contributed by atoms with van der Waals surface area (Å²) in [6.45, 7) is 1.95. The van der Waals surface area contributed by atoms with Crippen LogP contribution in [0.3, 0.4) is 0 Å². The summed E-state index contributed by atoms with van der Waals surface area (Å²) in [7, 11) is 0. The third-order valence-corrected chi connectivity index (χ3v) is 2.75. The largest absolute Gasteiger partial charge is 0.393 e. The minimum Gasteiger partial charge on any atom is -0.393 e. The van der Waals surface area contributed by atoms with Gasteiger partial charge in [-0.25, -0.2) is 9.97 Å². The third kappa shape index (κ3) is 3.50. The van der Waals surface area contributed by atoms with Crippen molar-refractivity contribution in [1.29, 1.82) is 0 Å². The second kappa shape index (κ2) is 5.95. The Balaban J connectivity index is 2.10. The Morgan fingerprint density at radius 1 is 1.43 bits per heavy atom. The van der Waals surface area contributed by atoms with Crippen LogP contribution in [0.15, 0.2) is 30.5 Å². The number of amides is 1. The Bertz CT molecular complexity index is 702. The number of aromatic nitrogens is 2. The van der Waals surface area contributed by atoms with Crippen molar-refractivity contribution in [2.75, 3.05) is 5.73 Å². The SMILES string of the molecule is Cc1nccc(CNC(=O)c2ccc(N)c([N+](=O)[O-])c2)n1. The molecule has 8 nitrogen and oxygen atoms in total. The van der Waals surface area contributed by atoms with Crippen LogP contribution < -0.4 is 11.1 Å². The van der Waals surface area contributed by atoms with Gasteiger partial charge in [-0.1, -0.05) is 0 Å². The number of benzene rings is 1. The zero-order chi connectivity index (χ0) is 15.4. The summed E-state index contributed by atoms with van der Waals surface area (Å²) in [5.74, 6) is 0.166.